The van der Waals surface area contributed by atoms with E-state index in [1.165, 1.54) is 161 Å². The monoisotopic (exact) mass is 911 g/mol. The van der Waals surface area contributed by atoms with Gasteiger partial charge in [-0.25, -0.2) is 0 Å². The third-order valence-corrected chi connectivity index (χ3v) is 12.3. The molecule has 0 aliphatic heterocycles. The lowest BCUT2D eigenvalue weighted by atomic mass is 10.1. The second-order valence-corrected chi connectivity index (χ2v) is 18.8. The lowest BCUT2D eigenvalue weighted by Crippen LogP contribution is -2.30. The molecule has 0 N–H and O–H groups in total. The molecule has 0 aliphatic carbocycles. The SMILES string of the molecule is CCCCC/C=C\C/C=C\CCCCCCCCCC(=O)OCC(COC(=O)CCCCCCC/C=C\CCCCCCC)OC(=O)CCCCCCC/C=C\CCCCCCCCC. The molecular weight excluding hydrogens is 805 g/mol. The van der Waals surface area contributed by atoms with Gasteiger partial charge in [-0.05, 0) is 103 Å². The highest BCUT2D eigenvalue weighted by Gasteiger charge is 2.19. The van der Waals surface area contributed by atoms with Crippen molar-refractivity contribution in [1.29, 1.82) is 0 Å². The molecule has 0 amide bonds. The summed E-state index contributed by atoms with van der Waals surface area (Å²) in [4.78, 5) is 38.1. The van der Waals surface area contributed by atoms with Crippen molar-refractivity contribution in [3.63, 3.8) is 0 Å². The van der Waals surface area contributed by atoms with Crippen LogP contribution in [0.4, 0.5) is 0 Å². The van der Waals surface area contributed by atoms with E-state index in [4.69, 9.17) is 14.2 Å². The quantitative estimate of drug-likeness (QED) is 0.0262. The van der Waals surface area contributed by atoms with E-state index in [0.29, 0.717) is 19.3 Å². The van der Waals surface area contributed by atoms with Crippen LogP contribution in [-0.4, -0.2) is 37.2 Å². The van der Waals surface area contributed by atoms with E-state index >= 15 is 0 Å². The van der Waals surface area contributed by atoms with Crippen molar-refractivity contribution in [2.24, 2.45) is 0 Å². The first-order valence-corrected chi connectivity index (χ1v) is 28.1. The van der Waals surface area contributed by atoms with Gasteiger partial charge in [0.25, 0.3) is 0 Å². The van der Waals surface area contributed by atoms with Crippen molar-refractivity contribution in [3.05, 3.63) is 48.6 Å². The van der Waals surface area contributed by atoms with Gasteiger partial charge in [-0.15, -0.1) is 0 Å². The second-order valence-electron chi connectivity index (χ2n) is 18.8. The maximum Gasteiger partial charge on any atom is 0.306 e. The molecule has 1 atom stereocenters. The van der Waals surface area contributed by atoms with Gasteiger partial charge >= 0.3 is 17.9 Å². The molecule has 0 rings (SSSR count). The Balaban J connectivity index is 4.39. The van der Waals surface area contributed by atoms with Gasteiger partial charge in [0.2, 0.25) is 0 Å². The predicted octanol–water partition coefficient (Wildman–Crippen LogP) is 18.7. The molecule has 65 heavy (non-hydrogen) atoms. The molecule has 0 saturated heterocycles. The van der Waals surface area contributed by atoms with Crippen LogP contribution in [0, 0.1) is 0 Å². The van der Waals surface area contributed by atoms with Crippen molar-refractivity contribution >= 4 is 17.9 Å². The molecule has 0 aliphatic rings. The van der Waals surface area contributed by atoms with Crippen LogP contribution in [0.5, 0.6) is 0 Å². The van der Waals surface area contributed by atoms with Crippen molar-refractivity contribution in [2.45, 2.75) is 297 Å². The molecule has 0 heterocycles. The van der Waals surface area contributed by atoms with E-state index in [0.717, 1.165) is 89.9 Å². The van der Waals surface area contributed by atoms with E-state index < -0.39 is 6.10 Å². The molecule has 6 nitrogen and oxygen atoms in total. The smallest absolute Gasteiger partial charge is 0.306 e. The number of hydrogen-bond donors (Lipinski definition) is 0. The van der Waals surface area contributed by atoms with Gasteiger partial charge < -0.3 is 14.2 Å². The lowest BCUT2D eigenvalue weighted by molar-refractivity contribution is -0.167. The van der Waals surface area contributed by atoms with Gasteiger partial charge in [-0.3, -0.25) is 14.4 Å². The fourth-order valence-electron chi connectivity index (χ4n) is 7.99. The van der Waals surface area contributed by atoms with Crippen LogP contribution in [0.2, 0.25) is 0 Å². The highest BCUT2D eigenvalue weighted by atomic mass is 16.6. The van der Waals surface area contributed by atoms with Crippen molar-refractivity contribution in [3.8, 4) is 0 Å². The average molecular weight is 911 g/mol. The molecule has 1 unspecified atom stereocenters. The summed E-state index contributed by atoms with van der Waals surface area (Å²) in [5.74, 6) is -0.895. The molecule has 6 heteroatoms. The average Bonchev–Trinajstić information content (AvgIpc) is 3.30. The van der Waals surface area contributed by atoms with Gasteiger partial charge in [-0.2, -0.15) is 0 Å². The molecule has 0 radical (unpaired) electrons. The largest absolute Gasteiger partial charge is 0.462 e. The Labute approximate surface area is 403 Å². The molecule has 0 aromatic carbocycles. The van der Waals surface area contributed by atoms with Gasteiger partial charge in [0.1, 0.15) is 13.2 Å². The summed E-state index contributed by atoms with van der Waals surface area (Å²) in [5.41, 5.74) is 0. The summed E-state index contributed by atoms with van der Waals surface area (Å²) in [6, 6.07) is 0. The Morgan fingerprint density at radius 2 is 0.554 bits per heavy atom. The number of unbranched alkanes of at least 4 members (excludes halogenated alkanes) is 32. The Bertz CT molecular complexity index is 1140. The Morgan fingerprint density at radius 3 is 0.892 bits per heavy atom. The number of rotatable bonds is 51. The molecule has 0 fully saturated rings. The normalized spacial score (nSPS) is 12.4. The predicted molar refractivity (Wildman–Crippen MR) is 279 cm³/mol. The van der Waals surface area contributed by atoms with Crippen LogP contribution in [-0.2, 0) is 28.6 Å². The van der Waals surface area contributed by atoms with Crippen LogP contribution in [0.3, 0.4) is 0 Å². The highest BCUT2D eigenvalue weighted by Crippen LogP contribution is 2.15. The van der Waals surface area contributed by atoms with E-state index in [2.05, 4.69) is 69.4 Å². The number of ether oxygens (including phenoxy) is 3. The standard InChI is InChI=1S/C59H106O6/c1-4-7-10-13-16-19-22-25-28-30-32-34-37-40-43-46-49-52-58(61)64-55-56(54-63-57(60)51-48-45-42-39-36-33-27-24-21-18-15-12-9-6-3)65-59(62)53-50-47-44-41-38-35-31-29-26-23-20-17-14-11-8-5-2/h16,19,24-25,27-29,31,56H,4-15,17-18,20-23,26,30,32-55H2,1-3H3/b19-16-,27-24-,28-25-,31-29-. The fourth-order valence-corrected chi connectivity index (χ4v) is 7.99. The first-order valence-electron chi connectivity index (χ1n) is 28.1. The minimum Gasteiger partial charge on any atom is -0.462 e. The summed E-state index contributed by atoms with van der Waals surface area (Å²) in [5, 5.41) is 0. The third-order valence-electron chi connectivity index (χ3n) is 12.3. The van der Waals surface area contributed by atoms with E-state index in [9.17, 15) is 14.4 Å². The van der Waals surface area contributed by atoms with Crippen LogP contribution in [0.15, 0.2) is 48.6 Å². The fraction of sp³-hybridized carbons (Fsp3) is 0.814. The van der Waals surface area contributed by atoms with Gasteiger partial charge in [0.15, 0.2) is 6.10 Å². The van der Waals surface area contributed by atoms with Gasteiger partial charge in [0, 0.05) is 19.3 Å². The van der Waals surface area contributed by atoms with E-state index in [1.54, 1.807) is 0 Å². The van der Waals surface area contributed by atoms with Crippen molar-refractivity contribution < 1.29 is 28.6 Å². The van der Waals surface area contributed by atoms with Gasteiger partial charge in [0.05, 0.1) is 0 Å². The summed E-state index contributed by atoms with van der Waals surface area (Å²) in [6.45, 7) is 6.61. The zero-order valence-corrected chi connectivity index (χ0v) is 43.3. The van der Waals surface area contributed by atoms with E-state index in [-0.39, 0.29) is 31.1 Å². The van der Waals surface area contributed by atoms with Gasteiger partial charge in [-0.1, -0.05) is 217 Å². The Morgan fingerprint density at radius 1 is 0.308 bits per heavy atom. The molecular formula is C59H106O6. The lowest BCUT2D eigenvalue weighted by Gasteiger charge is -2.18. The third kappa shape index (κ3) is 52.2. The summed E-state index contributed by atoms with van der Waals surface area (Å²) >= 11 is 0. The van der Waals surface area contributed by atoms with Crippen LogP contribution in [0.25, 0.3) is 0 Å². The summed E-state index contributed by atoms with van der Waals surface area (Å²) in [6.07, 6.45) is 65.2. The number of carbonyl (C=O) groups excluding carboxylic acids is 3. The Hall–Kier alpha value is -2.63. The number of carbonyl (C=O) groups is 3. The van der Waals surface area contributed by atoms with E-state index in [1.807, 2.05) is 0 Å². The van der Waals surface area contributed by atoms with Crippen LogP contribution < -0.4 is 0 Å². The summed E-state index contributed by atoms with van der Waals surface area (Å²) in [7, 11) is 0. The topological polar surface area (TPSA) is 78.9 Å². The maximum atomic E-state index is 12.8. The molecule has 0 bridgehead atoms. The summed E-state index contributed by atoms with van der Waals surface area (Å²) < 4.78 is 16.8. The van der Waals surface area contributed by atoms with Crippen molar-refractivity contribution in [1.82, 2.24) is 0 Å². The first-order chi connectivity index (χ1) is 32.0. The maximum absolute atomic E-state index is 12.8. The zero-order valence-electron chi connectivity index (χ0n) is 43.3. The zero-order chi connectivity index (χ0) is 47.2. The molecule has 0 spiro atoms. The molecule has 0 aromatic heterocycles. The van der Waals surface area contributed by atoms with Crippen molar-refractivity contribution in [2.75, 3.05) is 13.2 Å². The number of hydrogen-bond acceptors (Lipinski definition) is 6. The molecule has 0 aromatic rings. The van der Waals surface area contributed by atoms with Crippen LogP contribution >= 0.6 is 0 Å². The van der Waals surface area contributed by atoms with Crippen LogP contribution in [0.1, 0.15) is 290 Å². The number of esters is 3. The molecule has 378 valence electrons. The molecule has 0 saturated carbocycles. The second kappa shape index (κ2) is 54.0. The minimum atomic E-state index is -0.783. The Kier molecular flexibility index (Phi) is 51.8. The highest BCUT2D eigenvalue weighted by molar-refractivity contribution is 5.71. The first kappa shape index (κ1) is 62.4. The minimum absolute atomic E-state index is 0.0820. The number of allylic oxidation sites excluding steroid dienone is 8.